The lowest BCUT2D eigenvalue weighted by molar-refractivity contribution is 0.0938. The number of nitrogens with one attached hydrogen (secondary N) is 3. The number of rotatable bonds is 3. The van der Waals surface area contributed by atoms with Gasteiger partial charge in [0.05, 0.1) is 16.8 Å². The third-order valence-electron chi connectivity index (χ3n) is 3.09. The van der Waals surface area contributed by atoms with Crippen molar-refractivity contribution in [2.75, 3.05) is 18.9 Å². The number of carbonyl (C=O) groups excluding carboxylic acids is 1. The first-order valence-electron chi connectivity index (χ1n) is 6.66. The van der Waals surface area contributed by atoms with E-state index in [0.29, 0.717) is 6.54 Å². The van der Waals surface area contributed by atoms with Gasteiger partial charge in [0.1, 0.15) is 5.02 Å². The molecule has 7 nitrogen and oxygen atoms in total. The second-order valence-corrected chi connectivity index (χ2v) is 6.24. The fourth-order valence-corrected chi connectivity index (χ4v) is 2.64. The van der Waals surface area contributed by atoms with E-state index >= 15 is 0 Å². The number of anilines is 1. The third-order valence-corrected chi connectivity index (χ3v) is 4.47. The van der Waals surface area contributed by atoms with Crippen molar-refractivity contribution in [3.05, 3.63) is 20.9 Å². The van der Waals surface area contributed by atoms with E-state index in [1.54, 1.807) is 0 Å². The van der Waals surface area contributed by atoms with E-state index < -0.39 is 5.91 Å². The summed E-state index contributed by atoms with van der Waals surface area (Å²) in [4.78, 5) is 15.9. The maximum atomic E-state index is 12.1. The van der Waals surface area contributed by atoms with Crippen LogP contribution in [-0.2, 0) is 4.74 Å². The van der Waals surface area contributed by atoms with Crippen molar-refractivity contribution in [2.45, 2.75) is 18.9 Å². The number of nitrogens with two attached hydrogens (primary N) is 1. The molecule has 1 atom stereocenters. The van der Waals surface area contributed by atoms with Crippen molar-refractivity contribution in [3.63, 3.8) is 0 Å². The van der Waals surface area contributed by atoms with Gasteiger partial charge in [-0.2, -0.15) is 0 Å². The van der Waals surface area contributed by atoms with Crippen LogP contribution in [0, 0.1) is 0 Å². The third kappa shape index (κ3) is 4.71. The van der Waals surface area contributed by atoms with Crippen molar-refractivity contribution in [1.82, 2.24) is 21.2 Å². The summed E-state index contributed by atoms with van der Waals surface area (Å²) in [5.41, 5.74) is 10.4. The molecule has 2 heterocycles. The maximum absolute atomic E-state index is 12.1. The number of thiocarbonyl (C=S) groups is 1. The topological polar surface area (TPSA) is 101 Å². The van der Waals surface area contributed by atoms with Crippen LogP contribution in [0.3, 0.4) is 0 Å². The molecule has 126 valence electrons. The summed E-state index contributed by atoms with van der Waals surface area (Å²) in [6, 6.07) is 0. The molecule has 1 saturated heterocycles. The zero-order valence-corrected chi connectivity index (χ0v) is 14.9. The largest absolute Gasteiger partial charge is 0.396 e. The van der Waals surface area contributed by atoms with E-state index in [4.69, 9.17) is 57.5 Å². The maximum Gasteiger partial charge on any atom is 0.289 e. The van der Waals surface area contributed by atoms with E-state index in [1.807, 2.05) is 0 Å². The second kappa shape index (κ2) is 8.16. The standard InChI is InChI=1S/C12H14Cl3N5O2S/c13-6-8(16)7(14)10(15)18-9(6)11(21)19-20-12(23)17-4-5-2-1-3-22-5/h5H,1-4H2,(H2,16,18)(H,19,21)(H2,17,20,23). The van der Waals surface area contributed by atoms with Gasteiger partial charge in [-0.25, -0.2) is 4.98 Å². The van der Waals surface area contributed by atoms with E-state index in [2.05, 4.69) is 21.2 Å². The summed E-state index contributed by atoms with van der Waals surface area (Å²) in [6.45, 7) is 1.31. The Bertz CT molecular complexity index is 625. The van der Waals surface area contributed by atoms with Gasteiger partial charge in [-0.15, -0.1) is 0 Å². The Kier molecular flexibility index (Phi) is 6.49. The van der Waals surface area contributed by atoms with Crippen molar-refractivity contribution in [2.24, 2.45) is 0 Å². The van der Waals surface area contributed by atoms with Crippen LogP contribution in [0.15, 0.2) is 0 Å². The summed E-state index contributed by atoms with van der Waals surface area (Å²) in [7, 11) is 0. The highest BCUT2D eigenvalue weighted by Gasteiger charge is 2.20. The first kappa shape index (κ1) is 18.3. The predicted molar refractivity (Wildman–Crippen MR) is 93.9 cm³/mol. The molecule has 0 radical (unpaired) electrons. The summed E-state index contributed by atoms with van der Waals surface area (Å²) < 4.78 is 5.45. The Morgan fingerprint density at radius 1 is 1.35 bits per heavy atom. The molecule has 23 heavy (non-hydrogen) atoms. The van der Waals surface area contributed by atoms with Crippen LogP contribution in [0.1, 0.15) is 23.3 Å². The van der Waals surface area contributed by atoms with Gasteiger partial charge in [0.25, 0.3) is 5.91 Å². The van der Waals surface area contributed by atoms with Crippen LogP contribution < -0.4 is 21.9 Å². The quantitative estimate of drug-likeness (QED) is 0.350. The molecule has 1 aromatic heterocycles. The Morgan fingerprint density at radius 2 is 2.09 bits per heavy atom. The molecule has 5 N–H and O–H groups in total. The zero-order chi connectivity index (χ0) is 17.0. The van der Waals surface area contributed by atoms with Crippen molar-refractivity contribution in [1.29, 1.82) is 0 Å². The van der Waals surface area contributed by atoms with Gasteiger partial charge in [0.2, 0.25) is 0 Å². The number of amides is 1. The first-order chi connectivity index (χ1) is 10.9. The molecular weight excluding hydrogens is 385 g/mol. The lowest BCUT2D eigenvalue weighted by atomic mass is 10.2. The van der Waals surface area contributed by atoms with Crippen molar-refractivity contribution < 1.29 is 9.53 Å². The molecule has 0 saturated carbocycles. The number of ether oxygens (including phenoxy) is 1. The second-order valence-electron chi connectivity index (χ2n) is 4.72. The van der Waals surface area contributed by atoms with Gasteiger partial charge in [0.15, 0.2) is 16.0 Å². The number of hydrogen-bond acceptors (Lipinski definition) is 5. The number of nitrogen functional groups attached to an aromatic ring is 1. The average molecular weight is 399 g/mol. The van der Waals surface area contributed by atoms with Gasteiger partial charge in [-0.05, 0) is 25.1 Å². The summed E-state index contributed by atoms with van der Waals surface area (Å²) in [5, 5.41) is 2.96. The van der Waals surface area contributed by atoms with Gasteiger partial charge in [0, 0.05) is 13.2 Å². The van der Waals surface area contributed by atoms with E-state index in [0.717, 1.165) is 19.4 Å². The SMILES string of the molecule is Nc1c(Cl)c(Cl)nc(C(=O)NNC(=S)NCC2CCCO2)c1Cl. The molecular formula is C12H14Cl3N5O2S. The van der Waals surface area contributed by atoms with Gasteiger partial charge < -0.3 is 15.8 Å². The Balaban J connectivity index is 1.88. The molecule has 0 aromatic carbocycles. The highest BCUT2D eigenvalue weighted by atomic mass is 35.5. The number of aromatic nitrogens is 1. The fraction of sp³-hybridized carbons (Fsp3) is 0.417. The number of halogens is 3. The molecule has 1 fully saturated rings. The van der Waals surface area contributed by atoms with Gasteiger partial charge in [-0.1, -0.05) is 34.8 Å². The Labute approximate surface area is 153 Å². The lowest BCUT2D eigenvalue weighted by Gasteiger charge is -2.15. The number of pyridine rings is 1. The zero-order valence-electron chi connectivity index (χ0n) is 11.8. The highest BCUT2D eigenvalue weighted by molar-refractivity contribution is 7.80. The van der Waals surface area contributed by atoms with E-state index in [9.17, 15) is 4.79 Å². The number of hydrogen-bond donors (Lipinski definition) is 4. The van der Waals surface area contributed by atoms with Crippen LogP contribution in [0.4, 0.5) is 5.69 Å². The predicted octanol–water partition coefficient (Wildman–Crippen LogP) is 1.91. The molecule has 0 spiro atoms. The summed E-state index contributed by atoms with van der Waals surface area (Å²) >= 11 is 22.6. The minimum Gasteiger partial charge on any atom is -0.396 e. The highest BCUT2D eigenvalue weighted by Crippen LogP contribution is 2.34. The Morgan fingerprint density at radius 3 is 2.74 bits per heavy atom. The van der Waals surface area contributed by atoms with Gasteiger partial charge >= 0.3 is 0 Å². The van der Waals surface area contributed by atoms with E-state index in [-0.39, 0.29) is 37.8 Å². The monoisotopic (exact) mass is 397 g/mol. The first-order valence-corrected chi connectivity index (χ1v) is 8.20. The van der Waals surface area contributed by atoms with Gasteiger partial charge in [-0.3, -0.25) is 15.6 Å². The number of nitrogens with zero attached hydrogens (tertiary/aromatic N) is 1. The molecule has 1 aliphatic heterocycles. The molecule has 1 aliphatic rings. The molecule has 0 aliphatic carbocycles. The van der Waals surface area contributed by atoms with Crippen LogP contribution in [0.5, 0.6) is 0 Å². The molecule has 2 rings (SSSR count). The number of hydrazine groups is 1. The average Bonchev–Trinajstić information content (AvgIpc) is 3.05. The smallest absolute Gasteiger partial charge is 0.289 e. The molecule has 0 bridgehead atoms. The Hall–Kier alpha value is -1.06. The normalized spacial score (nSPS) is 16.9. The van der Waals surface area contributed by atoms with Crippen LogP contribution in [0.25, 0.3) is 0 Å². The molecule has 1 unspecified atom stereocenters. The molecule has 1 amide bonds. The number of carbonyl (C=O) groups is 1. The minimum absolute atomic E-state index is 0.00470. The minimum atomic E-state index is -0.651. The van der Waals surface area contributed by atoms with Crippen LogP contribution in [-0.4, -0.2) is 35.3 Å². The lowest BCUT2D eigenvalue weighted by Crippen LogP contribution is -2.48. The van der Waals surface area contributed by atoms with E-state index in [1.165, 1.54) is 0 Å². The van der Waals surface area contributed by atoms with Crippen molar-refractivity contribution >= 4 is 63.7 Å². The fourth-order valence-electron chi connectivity index (χ4n) is 1.91. The summed E-state index contributed by atoms with van der Waals surface area (Å²) in [6.07, 6.45) is 2.13. The molecule has 1 aromatic rings. The van der Waals surface area contributed by atoms with Crippen LogP contribution >= 0.6 is 47.0 Å². The van der Waals surface area contributed by atoms with Crippen LogP contribution in [0.2, 0.25) is 15.2 Å². The molecule has 11 heteroatoms. The van der Waals surface area contributed by atoms with Crippen molar-refractivity contribution in [3.8, 4) is 0 Å². The summed E-state index contributed by atoms with van der Waals surface area (Å²) in [5.74, 6) is -0.651.